The van der Waals surface area contributed by atoms with Gasteiger partial charge in [-0.3, -0.25) is 0 Å². The quantitative estimate of drug-likeness (QED) is 0.703. The third kappa shape index (κ3) is 6.07. The van der Waals surface area contributed by atoms with Crippen LogP contribution in [0.1, 0.15) is 31.7 Å². The van der Waals surface area contributed by atoms with Crippen LogP contribution in [-0.2, 0) is 4.74 Å². The number of benzene rings is 1. The summed E-state index contributed by atoms with van der Waals surface area (Å²) in [5.74, 6) is 0.695. The van der Waals surface area contributed by atoms with E-state index in [-0.39, 0.29) is 17.5 Å². The number of carbonyl (C=O) groups is 1. The molecule has 0 bridgehead atoms. The van der Waals surface area contributed by atoms with Crippen molar-refractivity contribution in [1.29, 1.82) is 0 Å². The second-order valence-electron chi connectivity index (χ2n) is 6.78. The average molecular weight is 362 g/mol. The summed E-state index contributed by atoms with van der Waals surface area (Å²) in [5, 5.41) is 7.98. The van der Waals surface area contributed by atoms with E-state index in [1.165, 1.54) is 0 Å². The number of methoxy groups -OCH3 is 1. The molecule has 0 spiro atoms. The van der Waals surface area contributed by atoms with Gasteiger partial charge in [-0.15, -0.1) is 11.3 Å². The minimum Gasteiger partial charge on any atom is -0.491 e. The monoisotopic (exact) mass is 362 g/mol. The summed E-state index contributed by atoms with van der Waals surface area (Å²) in [4.78, 5) is 13.6. The maximum Gasteiger partial charge on any atom is 0.319 e. The molecule has 1 atom stereocenters. The Bertz CT molecular complexity index is 666. The first-order valence-corrected chi connectivity index (χ1v) is 9.11. The van der Waals surface area contributed by atoms with Gasteiger partial charge in [-0.1, -0.05) is 32.9 Å². The lowest BCUT2D eigenvalue weighted by atomic mass is 9.86. The molecule has 0 unspecified atom stereocenters. The van der Waals surface area contributed by atoms with Gasteiger partial charge in [-0.2, -0.15) is 0 Å². The molecule has 5 nitrogen and oxygen atoms in total. The van der Waals surface area contributed by atoms with Crippen LogP contribution in [0.2, 0.25) is 0 Å². The van der Waals surface area contributed by atoms with Crippen LogP contribution in [0.15, 0.2) is 41.8 Å². The summed E-state index contributed by atoms with van der Waals surface area (Å²) in [5.41, 5.74) is 0.596. The zero-order chi connectivity index (χ0) is 18.3. The summed E-state index contributed by atoms with van der Waals surface area (Å²) in [6.07, 6.45) is 0. The van der Waals surface area contributed by atoms with Crippen LogP contribution in [0.5, 0.6) is 5.75 Å². The molecule has 0 aliphatic heterocycles. The van der Waals surface area contributed by atoms with Gasteiger partial charge in [-0.05, 0) is 29.0 Å². The largest absolute Gasteiger partial charge is 0.491 e. The molecule has 1 aromatic carbocycles. The summed E-state index contributed by atoms with van der Waals surface area (Å²) in [6.45, 7) is 7.33. The number of amides is 2. The first-order valence-electron chi connectivity index (χ1n) is 8.23. The Hall–Kier alpha value is -2.05. The molecule has 0 radical (unpaired) electrons. The van der Waals surface area contributed by atoms with Crippen LogP contribution in [0.25, 0.3) is 0 Å². The first-order chi connectivity index (χ1) is 11.9. The van der Waals surface area contributed by atoms with E-state index in [2.05, 4.69) is 31.4 Å². The van der Waals surface area contributed by atoms with E-state index in [1.54, 1.807) is 24.5 Å². The standard InChI is InChI=1S/C19H26N2O3S/c1-19(2,3)17(16-9-6-12-25-16)21-18(22)20-14-7-5-8-15(13-14)24-11-10-23-4/h5-9,12-13,17H,10-11H2,1-4H3,(H2,20,21,22)/t17-/m0/s1. The van der Waals surface area contributed by atoms with Crippen molar-refractivity contribution in [2.75, 3.05) is 25.6 Å². The molecular formula is C19H26N2O3S. The molecule has 0 fully saturated rings. The van der Waals surface area contributed by atoms with E-state index in [9.17, 15) is 4.79 Å². The van der Waals surface area contributed by atoms with Gasteiger partial charge in [0.1, 0.15) is 12.4 Å². The zero-order valence-corrected chi connectivity index (χ0v) is 16.0. The molecule has 0 saturated heterocycles. The smallest absolute Gasteiger partial charge is 0.319 e. The lowest BCUT2D eigenvalue weighted by Gasteiger charge is -2.30. The molecule has 25 heavy (non-hydrogen) atoms. The molecule has 2 rings (SSSR count). The van der Waals surface area contributed by atoms with Crippen molar-refractivity contribution in [3.63, 3.8) is 0 Å². The third-order valence-electron chi connectivity index (χ3n) is 3.62. The fourth-order valence-corrected chi connectivity index (χ4v) is 3.39. The van der Waals surface area contributed by atoms with E-state index in [1.807, 2.05) is 35.7 Å². The maximum atomic E-state index is 12.5. The van der Waals surface area contributed by atoms with Crippen molar-refractivity contribution in [3.05, 3.63) is 46.7 Å². The molecule has 2 amide bonds. The van der Waals surface area contributed by atoms with E-state index in [0.29, 0.717) is 24.7 Å². The van der Waals surface area contributed by atoms with Crippen molar-refractivity contribution in [2.24, 2.45) is 5.41 Å². The van der Waals surface area contributed by atoms with Crippen LogP contribution in [0.4, 0.5) is 10.5 Å². The number of hydrogen-bond donors (Lipinski definition) is 2. The number of rotatable bonds is 7. The highest BCUT2D eigenvalue weighted by molar-refractivity contribution is 7.10. The summed E-state index contributed by atoms with van der Waals surface area (Å²) in [6, 6.07) is 11.1. The third-order valence-corrected chi connectivity index (χ3v) is 4.55. The lowest BCUT2D eigenvalue weighted by Crippen LogP contribution is -2.38. The predicted octanol–water partition coefficient (Wildman–Crippen LogP) is 4.68. The van der Waals surface area contributed by atoms with E-state index in [4.69, 9.17) is 9.47 Å². The van der Waals surface area contributed by atoms with Crippen LogP contribution in [0.3, 0.4) is 0 Å². The normalized spacial score (nSPS) is 12.5. The summed E-state index contributed by atoms with van der Waals surface area (Å²) >= 11 is 1.65. The van der Waals surface area contributed by atoms with Crippen LogP contribution >= 0.6 is 11.3 Å². The molecule has 6 heteroatoms. The average Bonchev–Trinajstić information content (AvgIpc) is 3.06. The van der Waals surface area contributed by atoms with Crippen molar-refractivity contribution in [1.82, 2.24) is 5.32 Å². The minimum absolute atomic E-state index is 0.0614. The van der Waals surface area contributed by atoms with E-state index >= 15 is 0 Å². The molecule has 1 aromatic heterocycles. The second kappa shape index (κ2) is 8.87. The number of ether oxygens (including phenoxy) is 2. The second-order valence-corrected chi connectivity index (χ2v) is 7.76. The molecule has 0 aliphatic rings. The fourth-order valence-electron chi connectivity index (χ4n) is 2.37. The molecule has 0 aliphatic carbocycles. The molecular weight excluding hydrogens is 336 g/mol. The number of anilines is 1. The highest BCUT2D eigenvalue weighted by Gasteiger charge is 2.28. The topological polar surface area (TPSA) is 59.6 Å². The molecule has 136 valence electrons. The van der Waals surface area contributed by atoms with Crippen molar-refractivity contribution < 1.29 is 14.3 Å². The van der Waals surface area contributed by atoms with Crippen LogP contribution in [0, 0.1) is 5.41 Å². The Kier molecular flexibility index (Phi) is 6.84. The predicted molar refractivity (Wildman–Crippen MR) is 102 cm³/mol. The van der Waals surface area contributed by atoms with Gasteiger partial charge in [0.2, 0.25) is 0 Å². The molecule has 2 aromatic rings. The van der Waals surface area contributed by atoms with Gasteiger partial charge < -0.3 is 20.1 Å². The number of carbonyl (C=O) groups excluding carboxylic acids is 1. The van der Waals surface area contributed by atoms with Gasteiger partial charge in [0.25, 0.3) is 0 Å². The molecule has 0 saturated carbocycles. The number of nitrogens with one attached hydrogen (secondary N) is 2. The Labute approximate surface area is 153 Å². The van der Waals surface area contributed by atoms with Gasteiger partial charge in [0, 0.05) is 23.7 Å². The fraction of sp³-hybridized carbons (Fsp3) is 0.421. The SMILES string of the molecule is COCCOc1cccc(NC(=O)N[C@@H](c2cccs2)C(C)(C)C)c1. The van der Waals surface area contributed by atoms with Crippen molar-refractivity contribution in [2.45, 2.75) is 26.8 Å². The van der Waals surface area contributed by atoms with Gasteiger partial charge in [0.15, 0.2) is 0 Å². The number of thiophene rings is 1. The minimum atomic E-state index is -0.234. The highest BCUT2D eigenvalue weighted by atomic mass is 32.1. The Morgan fingerprint density at radius 1 is 1.20 bits per heavy atom. The first kappa shape index (κ1) is 19.3. The zero-order valence-electron chi connectivity index (χ0n) is 15.2. The molecule has 1 heterocycles. The van der Waals surface area contributed by atoms with E-state index < -0.39 is 0 Å². The van der Waals surface area contributed by atoms with Gasteiger partial charge in [0.05, 0.1) is 12.6 Å². The number of urea groups is 1. The van der Waals surface area contributed by atoms with E-state index in [0.717, 1.165) is 4.88 Å². The Morgan fingerprint density at radius 3 is 2.64 bits per heavy atom. The van der Waals surface area contributed by atoms with Crippen molar-refractivity contribution >= 4 is 23.1 Å². The number of hydrogen-bond acceptors (Lipinski definition) is 4. The summed E-state index contributed by atoms with van der Waals surface area (Å²) < 4.78 is 10.5. The Morgan fingerprint density at radius 2 is 2.00 bits per heavy atom. The lowest BCUT2D eigenvalue weighted by molar-refractivity contribution is 0.146. The summed E-state index contributed by atoms with van der Waals surface area (Å²) in [7, 11) is 1.63. The Balaban J connectivity index is 2.00. The highest BCUT2D eigenvalue weighted by Crippen LogP contribution is 2.35. The molecule has 2 N–H and O–H groups in total. The van der Waals surface area contributed by atoms with Gasteiger partial charge >= 0.3 is 6.03 Å². The van der Waals surface area contributed by atoms with Crippen molar-refractivity contribution in [3.8, 4) is 5.75 Å². The van der Waals surface area contributed by atoms with Crippen LogP contribution < -0.4 is 15.4 Å². The van der Waals surface area contributed by atoms with Gasteiger partial charge in [-0.25, -0.2) is 4.79 Å². The van der Waals surface area contributed by atoms with Crippen LogP contribution in [-0.4, -0.2) is 26.4 Å². The maximum absolute atomic E-state index is 12.5.